The summed E-state index contributed by atoms with van der Waals surface area (Å²) in [6.07, 6.45) is 1.43. The summed E-state index contributed by atoms with van der Waals surface area (Å²) in [4.78, 5) is 29.9. The monoisotopic (exact) mass is 358 g/mol. The number of fused-ring (bicyclic) bond motifs is 1. The molecule has 1 N–H and O–H groups in total. The minimum Gasteiger partial charge on any atom is -0.321 e. The van der Waals surface area contributed by atoms with Crippen LogP contribution >= 0.6 is 22.9 Å². The van der Waals surface area contributed by atoms with Gasteiger partial charge in [-0.3, -0.25) is 9.59 Å². The van der Waals surface area contributed by atoms with Gasteiger partial charge in [-0.15, -0.1) is 11.3 Å². The summed E-state index contributed by atoms with van der Waals surface area (Å²) in [5.74, 6) is -0.358. The fourth-order valence-electron chi connectivity index (χ4n) is 2.30. The Morgan fingerprint density at radius 1 is 1.46 bits per heavy atom. The number of thiophene rings is 1. The van der Waals surface area contributed by atoms with Gasteiger partial charge in [0.05, 0.1) is 27.2 Å². The first-order chi connectivity index (χ1) is 11.4. The molecule has 0 aliphatic carbocycles. The second-order valence-corrected chi connectivity index (χ2v) is 6.56. The second-order valence-electron chi connectivity index (χ2n) is 5.16. The lowest BCUT2D eigenvalue weighted by Gasteiger charge is -2.05. The predicted molar refractivity (Wildman–Crippen MR) is 93.7 cm³/mol. The van der Waals surface area contributed by atoms with Gasteiger partial charge in [-0.25, -0.2) is 4.98 Å². The lowest BCUT2D eigenvalue weighted by molar-refractivity contribution is 0.103. The van der Waals surface area contributed by atoms with Crippen molar-refractivity contribution in [2.24, 2.45) is 7.05 Å². The number of halogens is 1. The molecule has 0 aliphatic rings. The Balaban J connectivity index is 2.01. The first-order valence-corrected chi connectivity index (χ1v) is 8.07. The lowest BCUT2D eigenvalue weighted by atomic mass is 10.2. The third-order valence-corrected chi connectivity index (χ3v) is 5.09. The van der Waals surface area contributed by atoms with E-state index in [1.807, 2.05) is 6.07 Å². The van der Waals surface area contributed by atoms with Crippen LogP contribution in [-0.2, 0) is 7.05 Å². The molecule has 0 unspecified atom stereocenters. The molecule has 1 aromatic carbocycles. The van der Waals surface area contributed by atoms with Crippen LogP contribution < -0.4 is 10.9 Å². The molecule has 0 spiro atoms. The van der Waals surface area contributed by atoms with Crippen molar-refractivity contribution in [3.8, 4) is 6.07 Å². The number of nitrogens with zero attached hydrogens (tertiary/aromatic N) is 3. The Morgan fingerprint density at radius 2 is 2.21 bits per heavy atom. The first kappa shape index (κ1) is 16.2. The molecule has 120 valence electrons. The highest BCUT2D eigenvalue weighted by Crippen LogP contribution is 2.28. The third kappa shape index (κ3) is 2.66. The molecule has 0 bridgehead atoms. The molecule has 0 atom stereocenters. The van der Waals surface area contributed by atoms with Crippen molar-refractivity contribution in [3.63, 3.8) is 0 Å². The maximum Gasteiger partial charge on any atom is 0.266 e. The Hall–Kier alpha value is -2.69. The van der Waals surface area contributed by atoms with E-state index in [9.17, 15) is 9.59 Å². The molecule has 8 heteroatoms. The smallest absolute Gasteiger partial charge is 0.266 e. The number of aromatic nitrogens is 2. The molecule has 0 radical (unpaired) electrons. The van der Waals surface area contributed by atoms with Crippen LogP contribution in [0.5, 0.6) is 0 Å². The highest BCUT2D eigenvalue weighted by Gasteiger charge is 2.19. The minimum atomic E-state index is -0.358. The number of anilines is 1. The quantitative estimate of drug-likeness (QED) is 0.762. The van der Waals surface area contributed by atoms with Crippen molar-refractivity contribution in [2.45, 2.75) is 6.92 Å². The topological polar surface area (TPSA) is 87.8 Å². The highest BCUT2D eigenvalue weighted by atomic mass is 35.5. The summed E-state index contributed by atoms with van der Waals surface area (Å²) in [7, 11) is 1.61. The number of amides is 1. The van der Waals surface area contributed by atoms with E-state index >= 15 is 0 Å². The number of aryl methyl sites for hydroxylation is 2. The van der Waals surface area contributed by atoms with Gasteiger partial charge < -0.3 is 9.88 Å². The number of benzene rings is 1. The van der Waals surface area contributed by atoms with Crippen LogP contribution in [0.4, 0.5) is 5.69 Å². The van der Waals surface area contributed by atoms with Crippen LogP contribution in [0.15, 0.2) is 29.3 Å². The molecule has 3 aromatic rings. The average Bonchev–Trinajstić information content (AvgIpc) is 2.90. The van der Waals surface area contributed by atoms with E-state index < -0.39 is 0 Å². The average molecular weight is 359 g/mol. The lowest BCUT2D eigenvalue weighted by Crippen LogP contribution is -2.17. The first-order valence-electron chi connectivity index (χ1n) is 6.88. The summed E-state index contributed by atoms with van der Waals surface area (Å²) in [5.41, 5.74) is 1.14. The molecule has 24 heavy (non-hydrogen) atoms. The third-order valence-electron chi connectivity index (χ3n) is 3.56. The summed E-state index contributed by atoms with van der Waals surface area (Å²) in [5, 5.41) is 12.5. The van der Waals surface area contributed by atoms with Gasteiger partial charge in [0.1, 0.15) is 10.9 Å². The molecule has 2 aromatic heterocycles. The van der Waals surface area contributed by atoms with Crippen molar-refractivity contribution in [3.05, 3.63) is 55.9 Å². The number of nitriles is 1. The molecule has 1 amide bonds. The molecular formula is C16H11ClN4O2S. The number of nitrogens with one attached hydrogen (secondary N) is 1. The van der Waals surface area contributed by atoms with Crippen molar-refractivity contribution >= 4 is 44.7 Å². The van der Waals surface area contributed by atoms with Gasteiger partial charge in [0.25, 0.3) is 11.5 Å². The molecule has 2 heterocycles. The number of hydrogen-bond acceptors (Lipinski definition) is 5. The van der Waals surface area contributed by atoms with E-state index in [4.69, 9.17) is 16.9 Å². The van der Waals surface area contributed by atoms with Crippen molar-refractivity contribution in [2.75, 3.05) is 5.32 Å². The summed E-state index contributed by atoms with van der Waals surface area (Å²) >= 11 is 7.04. The van der Waals surface area contributed by atoms with E-state index in [1.165, 1.54) is 17.0 Å². The maximum absolute atomic E-state index is 12.5. The zero-order valence-corrected chi connectivity index (χ0v) is 14.3. The highest BCUT2D eigenvalue weighted by molar-refractivity contribution is 7.20. The molecule has 6 nitrogen and oxygen atoms in total. The standard InChI is InChI=1S/C16H11ClN4O2S/c1-8-12-15(19-7-21(2)16(12)23)24-13(8)14(22)20-10-3-4-11(17)9(5-10)6-18/h3-5,7H,1-2H3,(H,20,22). The summed E-state index contributed by atoms with van der Waals surface area (Å²) in [6, 6.07) is 6.62. The van der Waals surface area contributed by atoms with E-state index in [2.05, 4.69) is 10.3 Å². The van der Waals surface area contributed by atoms with Gasteiger partial charge in [-0.2, -0.15) is 5.26 Å². The summed E-state index contributed by atoms with van der Waals surface area (Å²) in [6.45, 7) is 1.72. The van der Waals surface area contributed by atoms with Crippen molar-refractivity contribution < 1.29 is 4.79 Å². The van der Waals surface area contributed by atoms with Gasteiger partial charge in [0.15, 0.2) is 0 Å². The maximum atomic E-state index is 12.5. The van der Waals surface area contributed by atoms with Crippen LogP contribution in [0.3, 0.4) is 0 Å². The Morgan fingerprint density at radius 3 is 2.92 bits per heavy atom. The van der Waals surface area contributed by atoms with Crippen LogP contribution in [0, 0.1) is 18.3 Å². The van der Waals surface area contributed by atoms with Gasteiger partial charge in [-0.05, 0) is 30.7 Å². The minimum absolute atomic E-state index is 0.189. The van der Waals surface area contributed by atoms with Gasteiger partial charge in [0, 0.05) is 12.7 Å². The van der Waals surface area contributed by atoms with Gasteiger partial charge in [0.2, 0.25) is 0 Å². The van der Waals surface area contributed by atoms with Crippen LogP contribution in [0.1, 0.15) is 20.8 Å². The molecule has 0 saturated carbocycles. The predicted octanol–water partition coefficient (Wildman–Crippen LogP) is 3.08. The summed E-state index contributed by atoms with van der Waals surface area (Å²) < 4.78 is 1.38. The Kier molecular flexibility index (Phi) is 4.09. The molecule has 0 aliphatic heterocycles. The van der Waals surface area contributed by atoms with Crippen LogP contribution in [-0.4, -0.2) is 15.5 Å². The van der Waals surface area contributed by atoms with Gasteiger partial charge >= 0.3 is 0 Å². The van der Waals surface area contributed by atoms with Gasteiger partial charge in [-0.1, -0.05) is 11.6 Å². The normalized spacial score (nSPS) is 10.6. The number of carbonyl (C=O) groups is 1. The fourth-order valence-corrected chi connectivity index (χ4v) is 3.50. The van der Waals surface area contributed by atoms with Crippen molar-refractivity contribution in [1.82, 2.24) is 9.55 Å². The molecule has 0 saturated heterocycles. The van der Waals surface area contributed by atoms with E-state index in [0.29, 0.717) is 31.4 Å². The molecule has 0 fully saturated rings. The molecule has 3 rings (SSSR count). The van der Waals surface area contributed by atoms with E-state index in [0.717, 1.165) is 11.3 Å². The zero-order valence-electron chi connectivity index (χ0n) is 12.8. The molecular weight excluding hydrogens is 348 g/mol. The number of rotatable bonds is 2. The van der Waals surface area contributed by atoms with E-state index in [1.54, 1.807) is 26.1 Å². The Labute approximate surface area is 145 Å². The largest absolute Gasteiger partial charge is 0.321 e. The number of hydrogen-bond donors (Lipinski definition) is 1. The zero-order chi connectivity index (χ0) is 17.4. The SMILES string of the molecule is Cc1c(C(=O)Nc2ccc(Cl)c(C#N)c2)sc2ncn(C)c(=O)c12. The van der Waals surface area contributed by atoms with E-state index in [-0.39, 0.29) is 17.0 Å². The Bertz CT molecular complexity index is 1080. The number of carbonyl (C=O) groups excluding carboxylic acids is 1. The van der Waals surface area contributed by atoms with Crippen LogP contribution in [0.2, 0.25) is 5.02 Å². The van der Waals surface area contributed by atoms with Crippen LogP contribution in [0.25, 0.3) is 10.2 Å². The fraction of sp³-hybridized carbons (Fsp3) is 0.125. The van der Waals surface area contributed by atoms with Crippen molar-refractivity contribution in [1.29, 1.82) is 5.26 Å². The second kappa shape index (κ2) is 6.07.